The number of rotatable bonds is 7. The topological polar surface area (TPSA) is 124 Å². The molecule has 1 saturated heterocycles. The maximum atomic E-state index is 12.8. The minimum Gasteiger partial charge on any atom is -0.495 e. The van der Waals surface area contributed by atoms with Crippen LogP contribution in [0.3, 0.4) is 0 Å². The standard InChI is InChI=1S/C20H24N2O8S/c1-13-10-16(14(2)30-13)20(24)29-12-19(23)21-17-5-4-15(11-18(17)27-3)31(25,26)22-6-8-28-9-7-22/h4-5,10-11H,6-9,12H2,1-3H3,(H,21,23). The van der Waals surface area contributed by atoms with E-state index in [1.54, 1.807) is 13.8 Å². The monoisotopic (exact) mass is 452 g/mol. The fourth-order valence-corrected chi connectivity index (χ4v) is 4.52. The van der Waals surface area contributed by atoms with Crippen molar-refractivity contribution >= 4 is 27.6 Å². The van der Waals surface area contributed by atoms with Gasteiger partial charge in [0.15, 0.2) is 6.61 Å². The molecule has 1 aromatic carbocycles. The highest BCUT2D eigenvalue weighted by Crippen LogP contribution is 2.29. The fourth-order valence-electron chi connectivity index (χ4n) is 3.10. The summed E-state index contributed by atoms with van der Waals surface area (Å²) < 4.78 is 47.7. The maximum absolute atomic E-state index is 12.8. The van der Waals surface area contributed by atoms with Gasteiger partial charge >= 0.3 is 5.97 Å². The van der Waals surface area contributed by atoms with Crippen LogP contribution in [0, 0.1) is 13.8 Å². The number of nitrogens with one attached hydrogen (secondary N) is 1. The lowest BCUT2D eigenvalue weighted by Crippen LogP contribution is -2.40. The van der Waals surface area contributed by atoms with E-state index in [1.807, 2.05) is 0 Å². The number of carbonyl (C=O) groups is 2. The minimum absolute atomic E-state index is 0.0430. The Balaban J connectivity index is 1.66. The lowest BCUT2D eigenvalue weighted by atomic mass is 10.2. The van der Waals surface area contributed by atoms with Crippen LogP contribution in [-0.2, 0) is 24.3 Å². The molecular formula is C20H24N2O8S. The van der Waals surface area contributed by atoms with Gasteiger partial charge in [0.05, 0.1) is 30.9 Å². The average molecular weight is 452 g/mol. The van der Waals surface area contributed by atoms with E-state index >= 15 is 0 Å². The first-order valence-corrected chi connectivity index (χ1v) is 11.0. The Hall–Kier alpha value is -2.89. The quantitative estimate of drug-likeness (QED) is 0.630. The van der Waals surface area contributed by atoms with E-state index < -0.39 is 28.5 Å². The normalized spacial score (nSPS) is 14.8. The van der Waals surface area contributed by atoms with Crippen LogP contribution in [0.4, 0.5) is 5.69 Å². The summed E-state index contributed by atoms with van der Waals surface area (Å²) in [4.78, 5) is 24.4. The lowest BCUT2D eigenvalue weighted by Gasteiger charge is -2.26. The molecule has 1 amide bonds. The molecule has 0 aliphatic carbocycles. The SMILES string of the molecule is COc1cc(S(=O)(=O)N2CCOCC2)ccc1NC(=O)COC(=O)c1cc(C)oc1C. The fraction of sp³-hybridized carbons (Fsp3) is 0.400. The molecule has 2 aromatic rings. The van der Waals surface area contributed by atoms with Crippen molar-refractivity contribution in [2.24, 2.45) is 0 Å². The maximum Gasteiger partial charge on any atom is 0.342 e. The molecule has 0 atom stereocenters. The number of benzene rings is 1. The molecule has 31 heavy (non-hydrogen) atoms. The van der Waals surface area contributed by atoms with Gasteiger partial charge in [-0.1, -0.05) is 0 Å². The third-order valence-electron chi connectivity index (χ3n) is 4.65. The number of esters is 1. The van der Waals surface area contributed by atoms with Crippen molar-refractivity contribution in [3.63, 3.8) is 0 Å². The number of hydrogen-bond donors (Lipinski definition) is 1. The molecule has 168 valence electrons. The summed E-state index contributed by atoms with van der Waals surface area (Å²) in [7, 11) is -2.35. The Kier molecular flexibility index (Phi) is 6.98. The molecule has 0 bridgehead atoms. The molecule has 1 fully saturated rings. The highest BCUT2D eigenvalue weighted by atomic mass is 32.2. The Morgan fingerprint density at radius 3 is 2.48 bits per heavy atom. The van der Waals surface area contributed by atoms with Gasteiger partial charge in [-0.15, -0.1) is 0 Å². The van der Waals surface area contributed by atoms with Crippen LogP contribution in [0.15, 0.2) is 33.6 Å². The summed E-state index contributed by atoms with van der Waals surface area (Å²) in [5, 5.41) is 2.55. The van der Waals surface area contributed by atoms with Gasteiger partial charge < -0.3 is 23.9 Å². The van der Waals surface area contributed by atoms with E-state index in [2.05, 4.69) is 5.32 Å². The molecule has 0 unspecified atom stereocenters. The summed E-state index contributed by atoms with van der Waals surface area (Å²) >= 11 is 0. The third kappa shape index (κ3) is 5.24. The second-order valence-electron chi connectivity index (χ2n) is 6.83. The van der Waals surface area contributed by atoms with Crippen LogP contribution in [0.2, 0.25) is 0 Å². The first-order valence-electron chi connectivity index (χ1n) is 9.52. The molecule has 1 aliphatic heterocycles. The van der Waals surface area contributed by atoms with E-state index in [1.165, 1.54) is 35.7 Å². The van der Waals surface area contributed by atoms with Gasteiger partial charge in [0.1, 0.15) is 22.8 Å². The summed E-state index contributed by atoms with van der Waals surface area (Å²) in [6.45, 7) is 4.00. The zero-order chi connectivity index (χ0) is 22.6. The predicted molar refractivity (Wildman–Crippen MR) is 110 cm³/mol. The molecule has 1 aromatic heterocycles. The van der Waals surface area contributed by atoms with E-state index in [0.29, 0.717) is 24.7 Å². The largest absolute Gasteiger partial charge is 0.495 e. The highest BCUT2D eigenvalue weighted by molar-refractivity contribution is 7.89. The molecule has 3 rings (SSSR count). The third-order valence-corrected chi connectivity index (χ3v) is 6.54. The number of aryl methyl sites for hydroxylation is 2. The number of amides is 1. The van der Waals surface area contributed by atoms with Crippen molar-refractivity contribution in [3.8, 4) is 5.75 Å². The van der Waals surface area contributed by atoms with Gasteiger partial charge in [-0.3, -0.25) is 4.79 Å². The number of anilines is 1. The molecule has 2 heterocycles. The van der Waals surface area contributed by atoms with Crippen molar-refractivity contribution < 1.29 is 36.6 Å². The Bertz CT molecular complexity index is 1070. The molecular weight excluding hydrogens is 428 g/mol. The second kappa shape index (κ2) is 9.50. The van der Waals surface area contributed by atoms with Crippen LogP contribution in [0.1, 0.15) is 21.9 Å². The number of sulfonamides is 1. The zero-order valence-corrected chi connectivity index (χ0v) is 18.3. The Morgan fingerprint density at radius 2 is 1.87 bits per heavy atom. The highest BCUT2D eigenvalue weighted by Gasteiger charge is 2.27. The molecule has 1 aliphatic rings. The summed E-state index contributed by atoms with van der Waals surface area (Å²) in [5.74, 6) is -0.153. The van der Waals surface area contributed by atoms with Crippen molar-refractivity contribution in [1.82, 2.24) is 4.31 Å². The van der Waals surface area contributed by atoms with Gasteiger partial charge in [-0.2, -0.15) is 4.31 Å². The number of furan rings is 1. The van der Waals surface area contributed by atoms with Gasteiger partial charge in [-0.25, -0.2) is 13.2 Å². The lowest BCUT2D eigenvalue weighted by molar-refractivity contribution is -0.119. The van der Waals surface area contributed by atoms with Crippen LogP contribution in [0.25, 0.3) is 0 Å². The van der Waals surface area contributed by atoms with Crippen molar-refractivity contribution in [2.75, 3.05) is 45.3 Å². The van der Waals surface area contributed by atoms with E-state index in [0.717, 1.165) is 0 Å². The first kappa shape index (κ1) is 22.8. The summed E-state index contributed by atoms with van der Waals surface area (Å²) in [6.07, 6.45) is 0. The van der Waals surface area contributed by atoms with Crippen LogP contribution in [-0.4, -0.2) is 64.6 Å². The predicted octanol–water partition coefficient (Wildman–Crippen LogP) is 1.72. The number of carbonyl (C=O) groups excluding carboxylic acids is 2. The number of morpholine rings is 1. The average Bonchev–Trinajstić information content (AvgIpc) is 3.10. The molecule has 1 N–H and O–H groups in total. The van der Waals surface area contributed by atoms with Crippen LogP contribution >= 0.6 is 0 Å². The van der Waals surface area contributed by atoms with E-state index in [9.17, 15) is 18.0 Å². The number of hydrogen-bond acceptors (Lipinski definition) is 8. The Labute approximate surface area is 180 Å². The van der Waals surface area contributed by atoms with Crippen molar-refractivity contribution in [2.45, 2.75) is 18.7 Å². The van der Waals surface area contributed by atoms with E-state index in [-0.39, 0.29) is 35.0 Å². The van der Waals surface area contributed by atoms with Gasteiger partial charge in [-0.05, 0) is 32.0 Å². The van der Waals surface area contributed by atoms with Gasteiger partial charge in [0, 0.05) is 19.2 Å². The Morgan fingerprint density at radius 1 is 1.16 bits per heavy atom. The van der Waals surface area contributed by atoms with E-state index in [4.69, 9.17) is 18.6 Å². The number of ether oxygens (including phenoxy) is 3. The van der Waals surface area contributed by atoms with Crippen molar-refractivity contribution in [1.29, 1.82) is 0 Å². The molecule has 10 nitrogen and oxygen atoms in total. The molecule has 0 saturated carbocycles. The first-order chi connectivity index (χ1) is 14.7. The zero-order valence-electron chi connectivity index (χ0n) is 17.5. The van der Waals surface area contributed by atoms with Crippen molar-refractivity contribution in [3.05, 3.63) is 41.3 Å². The number of methoxy groups -OCH3 is 1. The minimum atomic E-state index is -3.71. The number of nitrogens with zero attached hydrogens (tertiary/aromatic N) is 1. The second-order valence-corrected chi connectivity index (χ2v) is 8.77. The summed E-state index contributed by atoms with van der Waals surface area (Å²) in [5.41, 5.74) is 0.500. The summed E-state index contributed by atoms with van der Waals surface area (Å²) in [6, 6.07) is 5.68. The molecule has 0 spiro atoms. The molecule has 11 heteroatoms. The molecule has 0 radical (unpaired) electrons. The van der Waals surface area contributed by atoms with Crippen LogP contribution in [0.5, 0.6) is 5.75 Å². The van der Waals surface area contributed by atoms with Gasteiger partial charge in [0.2, 0.25) is 10.0 Å². The smallest absolute Gasteiger partial charge is 0.342 e. The van der Waals surface area contributed by atoms with Crippen LogP contribution < -0.4 is 10.1 Å². The van der Waals surface area contributed by atoms with Gasteiger partial charge in [0.25, 0.3) is 5.91 Å².